The van der Waals surface area contributed by atoms with Crippen LogP contribution >= 0.6 is 23.2 Å². The highest BCUT2D eigenvalue weighted by Gasteiger charge is 2.69. The number of hydrogen-bond acceptors (Lipinski definition) is 2. The van der Waals surface area contributed by atoms with E-state index < -0.39 is 6.09 Å². The van der Waals surface area contributed by atoms with E-state index in [0.29, 0.717) is 48.2 Å². The summed E-state index contributed by atoms with van der Waals surface area (Å²) in [6.07, 6.45) is -0.846. The van der Waals surface area contributed by atoms with Crippen LogP contribution < -0.4 is 0 Å². The van der Waals surface area contributed by atoms with Gasteiger partial charge in [-0.2, -0.15) is 0 Å². The van der Waals surface area contributed by atoms with E-state index in [2.05, 4.69) is 0 Å². The lowest BCUT2D eigenvalue weighted by molar-refractivity contribution is 0.101. The van der Waals surface area contributed by atoms with Gasteiger partial charge >= 0.3 is 6.09 Å². The van der Waals surface area contributed by atoms with E-state index in [-0.39, 0.29) is 5.41 Å². The molecule has 1 aliphatic carbocycles. The van der Waals surface area contributed by atoms with Gasteiger partial charge in [0.05, 0.1) is 16.7 Å². The predicted octanol–water partition coefficient (Wildman–Crippen LogP) is 3.51. The van der Waals surface area contributed by atoms with Crippen molar-refractivity contribution in [3.63, 3.8) is 0 Å². The van der Waals surface area contributed by atoms with Crippen LogP contribution in [0.2, 0.25) is 10.0 Å². The fraction of sp³-hybridized carbons (Fsp3) is 0.533. The van der Waals surface area contributed by atoms with Gasteiger partial charge in [0, 0.05) is 25.1 Å². The van der Waals surface area contributed by atoms with Crippen molar-refractivity contribution in [2.45, 2.75) is 12.3 Å². The Kier molecular flexibility index (Phi) is 3.80. The van der Waals surface area contributed by atoms with Crippen molar-refractivity contribution in [2.24, 2.45) is 11.8 Å². The maximum Gasteiger partial charge on any atom is 0.407 e. The summed E-state index contributed by atoms with van der Waals surface area (Å²) in [6.45, 7) is 4.33. The second-order valence-electron chi connectivity index (χ2n) is 5.71. The number of carbonyl (C=O) groups is 1. The molecule has 0 spiro atoms. The van der Waals surface area contributed by atoms with Crippen molar-refractivity contribution in [1.29, 1.82) is 0 Å². The molecule has 4 nitrogen and oxygen atoms in total. The zero-order valence-corrected chi connectivity index (χ0v) is 13.2. The standard InChI is InChI=1S/C15H17Cl2NO3/c1-2-21-8-15(9-3-4-12(16)13(17)5-9)10-6-18(14(19)20)7-11(10)15/h3-5,10-11H,2,6-8H2,1H3,(H,19,20)/t10-,11+,15?. The summed E-state index contributed by atoms with van der Waals surface area (Å²) >= 11 is 12.1. The Hall–Kier alpha value is -0.970. The molecular formula is C15H17Cl2NO3. The lowest BCUT2D eigenvalue weighted by Gasteiger charge is -2.26. The van der Waals surface area contributed by atoms with Crippen LogP contribution in [0.25, 0.3) is 0 Å². The van der Waals surface area contributed by atoms with Crippen molar-refractivity contribution in [2.75, 3.05) is 26.3 Å². The van der Waals surface area contributed by atoms with Gasteiger partial charge in [-0.15, -0.1) is 0 Å². The Balaban J connectivity index is 1.87. The molecule has 0 aromatic heterocycles. The number of amides is 1. The number of benzene rings is 1. The highest BCUT2D eigenvalue weighted by Crippen LogP contribution is 2.64. The zero-order chi connectivity index (χ0) is 15.2. The lowest BCUT2D eigenvalue weighted by atomic mass is 9.91. The zero-order valence-electron chi connectivity index (χ0n) is 11.7. The maximum atomic E-state index is 11.1. The number of ether oxygens (including phenoxy) is 1. The molecule has 1 saturated carbocycles. The minimum atomic E-state index is -0.846. The third-order valence-corrected chi connectivity index (χ3v) is 5.55. The number of halogens is 2. The summed E-state index contributed by atoms with van der Waals surface area (Å²) in [5.41, 5.74) is 0.987. The molecule has 1 amide bonds. The van der Waals surface area contributed by atoms with E-state index in [1.54, 1.807) is 6.07 Å². The molecule has 6 heteroatoms. The van der Waals surface area contributed by atoms with Crippen molar-refractivity contribution >= 4 is 29.3 Å². The first-order valence-electron chi connectivity index (χ1n) is 7.01. The Morgan fingerprint density at radius 1 is 1.38 bits per heavy atom. The molecule has 1 unspecified atom stereocenters. The number of hydrogen-bond donors (Lipinski definition) is 1. The number of likely N-dealkylation sites (tertiary alicyclic amines) is 1. The molecule has 1 aliphatic heterocycles. The molecule has 1 aromatic rings. The molecule has 0 bridgehead atoms. The van der Waals surface area contributed by atoms with Gasteiger partial charge in [-0.3, -0.25) is 0 Å². The molecule has 1 aromatic carbocycles. The van der Waals surface area contributed by atoms with Gasteiger partial charge in [-0.25, -0.2) is 4.79 Å². The highest BCUT2D eigenvalue weighted by molar-refractivity contribution is 6.42. The van der Waals surface area contributed by atoms with Crippen molar-refractivity contribution in [3.8, 4) is 0 Å². The third-order valence-electron chi connectivity index (χ3n) is 4.81. The molecule has 1 saturated heterocycles. The number of rotatable bonds is 4. The molecular weight excluding hydrogens is 313 g/mol. The minimum Gasteiger partial charge on any atom is -0.465 e. The average molecular weight is 330 g/mol. The van der Waals surface area contributed by atoms with Gasteiger partial charge in [0.25, 0.3) is 0 Å². The quantitative estimate of drug-likeness (QED) is 0.919. The Morgan fingerprint density at radius 3 is 2.57 bits per heavy atom. The van der Waals surface area contributed by atoms with Crippen LogP contribution in [-0.2, 0) is 10.2 Å². The van der Waals surface area contributed by atoms with Crippen LogP contribution in [0.5, 0.6) is 0 Å². The van der Waals surface area contributed by atoms with Gasteiger partial charge in [-0.05, 0) is 36.5 Å². The van der Waals surface area contributed by atoms with Crippen LogP contribution in [0.1, 0.15) is 12.5 Å². The first kappa shape index (κ1) is 14.9. The van der Waals surface area contributed by atoms with E-state index in [4.69, 9.17) is 33.0 Å². The molecule has 1 heterocycles. The van der Waals surface area contributed by atoms with E-state index in [1.165, 1.54) is 4.90 Å². The topological polar surface area (TPSA) is 49.8 Å². The van der Waals surface area contributed by atoms with Crippen molar-refractivity contribution < 1.29 is 14.6 Å². The number of piperidine rings is 1. The summed E-state index contributed by atoms with van der Waals surface area (Å²) in [5, 5.41) is 10.2. The van der Waals surface area contributed by atoms with Gasteiger partial charge in [0.2, 0.25) is 0 Å². The number of fused-ring (bicyclic) bond motifs is 1. The molecule has 3 atom stereocenters. The normalized spacial score (nSPS) is 30.3. The van der Waals surface area contributed by atoms with E-state index in [9.17, 15) is 4.79 Å². The summed E-state index contributed by atoms with van der Waals surface area (Å²) in [7, 11) is 0. The summed E-state index contributed by atoms with van der Waals surface area (Å²) in [4.78, 5) is 12.6. The van der Waals surface area contributed by atoms with Gasteiger partial charge < -0.3 is 14.7 Å². The van der Waals surface area contributed by atoms with Crippen LogP contribution in [0.15, 0.2) is 18.2 Å². The molecule has 3 rings (SSSR count). The van der Waals surface area contributed by atoms with Gasteiger partial charge in [0.15, 0.2) is 0 Å². The van der Waals surface area contributed by atoms with Gasteiger partial charge in [0.1, 0.15) is 0 Å². The number of carboxylic acid groups (broad SMARTS) is 1. The Bertz CT molecular complexity index is 566. The lowest BCUT2D eigenvalue weighted by Crippen LogP contribution is -2.36. The summed E-state index contributed by atoms with van der Waals surface area (Å²) < 4.78 is 5.68. The molecule has 0 radical (unpaired) electrons. The van der Waals surface area contributed by atoms with E-state index in [1.807, 2.05) is 19.1 Å². The van der Waals surface area contributed by atoms with Crippen LogP contribution in [0.3, 0.4) is 0 Å². The second kappa shape index (κ2) is 5.34. The fourth-order valence-corrected chi connectivity index (χ4v) is 3.97. The fourth-order valence-electron chi connectivity index (χ4n) is 3.67. The Morgan fingerprint density at radius 2 is 2.05 bits per heavy atom. The summed E-state index contributed by atoms with van der Waals surface area (Å²) in [5.74, 6) is 0.606. The predicted molar refractivity (Wildman–Crippen MR) is 81.2 cm³/mol. The van der Waals surface area contributed by atoms with Crippen LogP contribution in [0, 0.1) is 11.8 Å². The van der Waals surface area contributed by atoms with E-state index in [0.717, 1.165) is 5.56 Å². The van der Waals surface area contributed by atoms with Crippen LogP contribution in [0.4, 0.5) is 4.79 Å². The molecule has 1 N–H and O–H groups in total. The molecule has 2 fully saturated rings. The Labute approximate surface area is 133 Å². The number of nitrogens with zero attached hydrogens (tertiary/aromatic N) is 1. The van der Waals surface area contributed by atoms with Gasteiger partial charge in [-0.1, -0.05) is 29.3 Å². The second-order valence-corrected chi connectivity index (χ2v) is 6.52. The monoisotopic (exact) mass is 329 g/mol. The third kappa shape index (κ3) is 2.30. The SMILES string of the molecule is CCOCC1(c2ccc(Cl)c(Cl)c2)[C@@H]2CN(C(=O)O)C[C@@H]21. The maximum absolute atomic E-state index is 11.1. The first-order chi connectivity index (χ1) is 10.0. The summed E-state index contributed by atoms with van der Waals surface area (Å²) in [6, 6.07) is 5.68. The largest absolute Gasteiger partial charge is 0.465 e. The highest BCUT2D eigenvalue weighted by atomic mass is 35.5. The molecule has 2 aliphatic rings. The average Bonchev–Trinajstić information content (AvgIpc) is 2.83. The minimum absolute atomic E-state index is 0.115. The first-order valence-corrected chi connectivity index (χ1v) is 7.77. The van der Waals surface area contributed by atoms with E-state index >= 15 is 0 Å². The molecule has 21 heavy (non-hydrogen) atoms. The van der Waals surface area contributed by atoms with Crippen LogP contribution in [-0.4, -0.2) is 42.4 Å². The molecule has 114 valence electrons. The van der Waals surface area contributed by atoms with Crippen molar-refractivity contribution in [1.82, 2.24) is 4.90 Å². The van der Waals surface area contributed by atoms with Crippen molar-refractivity contribution in [3.05, 3.63) is 33.8 Å². The smallest absolute Gasteiger partial charge is 0.407 e.